The maximum atomic E-state index is 4.84. The van der Waals surface area contributed by atoms with Crippen molar-refractivity contribution in [3.05, 3.63) is 92.6 Å². The summed E-state index contributed by atoms with van der Waals surface area (Å²) >= 11 is 3.97. The number of H-pyrrole nitrogens is 1. The van der Waals surface area contributed by atoms with Gasteiger partial charge in [0.25, 0.3) is 0 Å². The molecule has 0 saturated carbocycles. The van der Waals surface area contributed by atoms with E-state index >= 15 is 0 Å². The van der Waals surface area contributed by atoms with E-state index in [2.05, 4.69) is 81.4 Å². The van der Waals surface area contributed by atoms with Gasteiger partial charge in [-0.3, -0.25) is 0 Å². The highest BCUT2D eigenvalue weighted by atomic mass is 127. The van der Waals surface area contributed by atoms with E-state index in [1.54, 1.807) is 11.3 Å². The third-order valence-corrected chi connectivity index (χ3v) is 6.51. The second-order valence-corrected chi connectivity index (χ2v) is 9.42. The largest absolute Gasteiger partial charge is 0.364 e. The Kier molecular flexibility index (Phi) is 5.95. The molecule has 0 aliphatic heterocycles. The van der Waals surface area contributed by atoms with E-state index < -0.39 is 0 Å². The van der Waals surface area contributed by atoms with Crippen LogP contribution in [0.2, 0.25) is 0 Å². The van der Waals surface area contributed by atoms with Gasteiger partial charge in [-0.25, -0.2) is 15.0 Å². The summed E-state index contributed by atoms with van der Waals surface area (Å²) in [4.78, 5) is 18.9. The Labute approximate surface area is 198 Å². The van der Waals surface area contributed by atoms with Gasteiger partial charge in [0.05, 0.1) is 4.88 Å². The number of nitrogens with zero attached hydrogens (tertiary/aromatic N) is 3. The number of halogens is 1. The Hall–Kier alpha value is -2.78. The van der Waals surface area contributed by atoms with Gasteiger partial charge in [0, 0.05) is 16.5 Å². The zero-order chi connectivity index (χ0) is 21.0. The first-order valence-corrected chi connectivity index (χ1v) is 12.0. The van der Waals surface area contributed by atoms with Crippen molar-refractivity contribution < 1.29 is 0 Å². The van der Waals surface area contributed by atoms with Crippen LogP contribution in [0.25, 0.3) is 21.9 Å². The van der Waals surface area contributed by atoms with Crippen molar-refractivity contribution in [2.24, 2.45) is 0 Å². The maximum absolute atomic E-state index is 4.84. The number of nitrogens with one attached hydrogen (secondary N) is 2. The van der Waals surface area contributed by atoms with Gasteiger partial charge >= 0.3 is 0 Å². The predicted molar refractivity (Wildman–Crippen MR) is 135 cm³/mol. The summed E-state index contributed by atoms with van der Waals surface area (Å²) in [7, 11) is 0. The van der Waals surface area contributed by atoms with Crippen molar-refractivity contribution in [1.29, 1.82) is 0 Å². The van der Waals surface area contributed by atoms with Crippen molar-refractivity contribution in [3.8, 4) is 10.7 Å². The fourth-order valence-electron chi connectivity index (χ4n) is 3.45. The number of hydrogen-bond donors (Lipinski definition) is 2. The lowest BCUT2D eigenvalue weighted by molar-refractivity contribution is 0.889. The van der Waals surface area contributed by atoms with E-state index in [0.717, 1.165) is 40.5 Å². The molecule has 2 N–H and O–H groups in total. The second-order valence-electron chi connectivity index (χ2n) is 7.22. The highest BCUT2D eigenvalue weighted by Crippen LogP contribution is 2.27. The third-order valence-electron chi connectivity index (χ3n) is 4.98. The number of hydrogen-bond acceptors (Lipinski definition) is 5. The predicted octanol–water partition coefficient (Wildman–Crippen LogP) is 6.08. The average Bonchev–Trinajstić information content (AvgIpc) is 3.47. The van der Waals surface area contributed by atoms with Crippen molar-refractivity contribution in [2.75, 3.05) is 5.32 Å². The van der Waals surface area contributed by atoms with Crippen LogP contribution < -0.4 is 5.32 Å². The number of benzene rings is 2. The monoisotopic (exact) mass is 537 g/mol. The molecule has 31 heavy (non-hydrogen) atoms. The Morgan fingerprint density at radius 1 is 0.871 bits per heavy atom. The Bertz CT molecular complexity index is 1300. The molecule has 0 atom stereocenters. The number of aryl methyl sites for hydroxylation is 2. The SMILES string of the molecule is Ic1cccc(CNc2nc(-c3cccs3)nc3[nH]c(CCc4ccccc4)nc23)c1. The molecular weight excluding hydrogens is 517 g/mol. The van der Waals surface area contributed by atoms with Crippen LogP contribution in [0.15, 0.2) is 72.1 Å². The first-order valence-electron chi connectivity index (χ1n) is 10.1. The first kappa shape index (κ1) is 20.1. The number of fused-ring (bicyclic) bond motifs is 1. The lowest BCUT2D eigenvalue weighted by Gasteiger charge is -2.08. The van der Waals surface area contributed by atoms with Crippen LogP contribution in [-0.2, 0) is 19.4 Å². The highest BCUT2D eigenvalue weighted by Gasteiger charge is 2.15. The quantitative estimate of drug-likeness (QED) is 0.247. The van der Waals surface area contributed by atoms with Crippen LogP contribution in [0.4, 0.5) is 5.82 Å². The third kappa shape index (κ3) is 4.77. The maximum Gasteiger partial charge on any atom is 0.173 e. The topological polar surface area (TPSA) is 66.5 Å². The molecule has 0 bridgehead atoms. The van der Waals surface area contributed by atoms with Gasteiger partial charge in [-0.15, -0.1) is 11.3 Å². The standard InChI is InChI=1S/C24H20IN5S/c25-18-9-4-8-17(14-18)15-26-23-21-24(30-22(29-23)19-10-5-13-31-19)28-20(27-21)12-11-16-6-2-1-3-7-16/h1-10,13-14H,11-12,15H2,(H2,26,27,28,29,30). The van der Waals surface area contributed by atoms with Crippen LogP contribution in [0.5, 0.6) is 0 Å². The Morgan fingerprint density at radius 3 is 2.55 bits per heavy atom. The number of aromatic nitrogens is 4. The van der Waals surface area contributed by atoms with Crippen LogP contribution in [-0.4, -0.2) is 19.9 Å². The number of aromatic amines is 1. The van der Waals surface area contributed by atoms with Gasteiger partial charge in [-0.2, -0.15) is 0 Å². The first-order chi connectivity index (χ1) is 15.2. The average molecular weight is 537 g/mol. The van der Waals surface area contributed by atoms with Crippen LogP contribution in [0.1, 0.15) is 17.0 Å². The van der Waals surface area contributed by atoms with Crippen molar-refractivity contribution in [3.63, 3.8) is 0 Å². The normalized spacial score (nSPS) is 11.1. The van der Waals surface area contributed by atoms with Gasteiger partial charge in [-0.1, -0.05) is 48.5 Å². The lowest BCUT2D eigenvalue weighted by atomic mass is 10.1. The summed E-state index contributed by atoms with van der Waals surface area (Å²) in [5, 5.41) is 5.53. The summed E-state index contributed by atoms with van der Waals surface area (Å²) in [5.41, 5.74) is 4.06. The van der Waals surface area contributed by atoms with Crippen LogP contribution >= 0.6 is 33.9 Å². The molecule has 5 rings (SSSR count). The van der Waals surface area contributed by atoms with E-state index in [-0.39, 0.29) is 0 Å². The molecule has 3 heterocycles. The van der Waals surface area contributed by atoms with E-state index in [1.807, 2.05) is 23.6 Å². The summed E-state index contributed by atoms with van der Waals surface area (Å²) in [6.07, 6.45) is 1.75. The van der Waals surface area contributed by atoms with E-state index in [9.17, 15) is 0 Å². The molecule has 0 aliphatic rings. The minimum absolute atomic E-state index is 0.680. The summed E-state index contributed by atoms with van der Waals surface area (Å²) in [5.74, 6) is 2.40. The molecule has 5 aromatic rings. The Balaban J connectivity index is 1.46. The minimum Gasteiger partial charge on any atom is -0.364 e. The number of thiophene rings is 1. The zero-order valence-corrected chi connectivity index (χ0v) is 19.7. The molecular formula is C24H20IN5S. The fourth-order valence-corrected chi connectivity index (χ4v) is 4.71. The number of anilines is 1. The van der Waals surface area contributed by atoms with Crippen LogP contribution in [0, 0.1) is 3.57 Å². The molecule has 2 aromatic carbocycles. The fraction of sp³-hybridized carbons (Fsp3) is 0.125. The van der Waals surface area contributed by atoms with Crippen molar-refractivity contribution in [1.82, 2.24) is 19.9 Å². The summed E-state index contributed by atoms with van der Waals surface area (Å²) in [6.45, 7) is 0.680. The second kappa shape index (κ2) is 9.15. The molecule has 5 nitrogen and oxygen atoms in total. The van der Waals surface area contributed by atoms with E-state index in [0.29, 0.717) is 12.4 Å². The van der Waals surface area contributed by atoms with Crippen molar-refractivity contribution >= 4 is 50.9 Å². The molecule has 154 valence electrons. The molecule has 0 spiro atoms. The lowest BCUT2D eigenvalue weighted by Crippen LogP contribution is -2.04. The van der Waals surface area contributed by atoms with Crippen molar-refractivity contribution in [2.45, 2.75) is 19.4 Å². The molecule has 0 aliphatic carbocycles. The van der Waals surface area contributed by atoms with Gasteiger partial charge in [0.2, 0.25) is 0 Å². The molecule has 3 aromatic heterocycles. The van der Waals surface area contributed by atoms with Gasteiger partial charge in [0.15, 0.2) is 22.8 Å². The Morgan fingerprint density at radius 2 is 1.74 bits per heavy atom. The summed E-state index contributed by atoms with van der Waals surface area (Å²) < 4.78 is 1.21. The molecule has 0 amide bonds. The molecule has 7 heteroatoms. The van der Waals surface area contributed by atoms with Gasteiger partial charge in [-0.05, 0) is 63.7 Å². The van der Waals surface area contributed by atoms with E-state index in [1.165, 1.54) is 14.7 Å². The zero-order valence-electron chi connectivity index (χ0n) is 16.7. The van der Waals surface area contributed by atoms with Gasteiger partial charge in [0.1, 0.15) is 5.82 Å². The van der Waals surface area contributed by atoms with Crippen LogP contribution in [0.3, 0.4) is 0 Å². The minimum atomic E-state index is 0.680. The molecule has 0 fully saturated rings. The molecule has 0 saturated heterocycles. The smallest absolute Gasteiger partial charge is 0.173 e. The van der Waals surface area contributed by atoms with Gasteiger partial charge < -0.3 is 10.3 Å². The summed E-state index contributed by atoms with van der Waals surface area (Å²) in [6, 6.07) is 23.0. The highest BCUT2D eigenvalue weighted by molar-refractivity contribution is 14.1. The number of imidazole rings is 1. The van der Waals surface area contributed by atoms with E-state index in [4.69, 9.17) is 15.0 Å². The number of rotatable bonds is 7. The molecule has 0 radical (unpaired) electrons. The molecule has 0 unspecified atom stereocenters.